The maximum atomic E-state index is 12.3. The van der Waals surface area contributed by atoms with E-state index in [0.717, 1.165) is 48.6 Å². The van der Waals surface area contributed by atoms with E-state index in [-0.39, 0.29) is 24.4 Å². The highest BCUT2D eigenvalue weighted by atomic mass is 35.5. The summed E-state index contributed by atoms with van der Waals surface area (Å²) in [6.45, 7) is 2.78. The van der Waals surface area contributed by atoms with Crippen LogP contribution in [0.15, 0.2) is 36.5 Å². The van der Waals surface area contributed by atoms with E-state index in [0.29, 0.717) is 0 Å². The van der Waals surface area contributed by atoms with E-state index >= 15 is 0 Å². The fraction of sp³-hybridized carbons (Fsp3) is 0.353. The van der Waals surface area contributed by atoms with Crippen molar-refractivity contribution in [3.8, 4) is 11.3 Å². The molecule has 1 unspecified atom stereocenters. The van der Waals surface area contributed by atoms with E-state index in [1.165, 1.54) is 0 Å². The van der Waals surface area contributed by atoms with Crippen molar-refractivity contribution in [2.24, 2.45) is 0 Å². The summed E-state index contributed by atoms with van der Waals surface area (Å²) < 4.78 is 0. The van der Waals surface area contributed by atoms with E-state index in [4.69, 9.17) is 0 Å². The number of benzene rings is 1. The molecule has 0 spiro atoms. The topological polar surface area (TPSA) is 66.9 Å². The summed E-state index contributed by atoms with van der Waals surface area (Å²) >= 11 is 0. The Morgan fingerprint density at radius 2 is 2.17 bits per heavy atom. The third kappa shape index (κ3) is 4.50. The lowest BCUT2D eigenvalue weighted by Gasteiger charge is -2.22. The van der Waals surface area contributed by atoms with Crippen molar-refractivity contribution in [1.29, 1.82) is 0 Å². The number of halogens is 1. The fourth-order valence-corrected chi connectivity index (χ4v) is 2.68. The third-order valence-corrected chi connectivity index (χ3v) is 3.83. The molecule has 2 aromatic rings. The lowest BCUT2D eigenvalue weighted by atomic mass is 10.0. The van der Waals surface area contributed by atoms with Gasteiger partial charge in [0.05, 0.1) is 11.7 Å². The number of aryl methyl sites for hydroxylation is 1. The molecule has 1 aromatic heterocycles. The Balaban J connectivity index is 0.00000192. The van der Waals surface area contributed by atoms with Crippen molar-refractivity contribution in [2.75, 3.05) is 11.9 Å². The number of nitrogens with zero attached hydrogens (tertiary/aromatic N) is 2. The molecule has 0 aliphatic carbocycles. The summed E-state index contributed by atoms with van der Waals surface area (Å²) in [5, 5.41) is 6.25. The summed E-state index contributed by atoms with van der Waals surface area (Å²) in [6.07, 6.45) is 4.89. The van der Waals surface area contributed by atoms with Crippen LogP contribution >= 0.6 is 12.4 Å². The fourth-order valence-electron chi connectivity index (χ4n) is 2.68. The van der Waals surface area contributed by atoms with Crippen LogP contribution in [0, 0.1) is 6.92 Å². The highest BCUT2D eigenvalue weighted by Crippen LogP contribution is 2.21. The average molecular weight is 333 g/mol. The van der Waals surface area contributed by atoms with Crippen molar-refractivity contribution < 1.29 is 4.79 Å². The highest BCUT2D eigenvalue weighted by Gasteiger charge is 2.20. The minimum absolute atomic E-state index is 0. The average Bonchev–Trinajstić information content (AvgIpc) is 2.56. The van der Waals surface area contributed by atoms with E-state index in [2.05, 4.69) is 20.6 Å². The summed E-state index contributed by atoms with van der Waals surface area (Å²) in [5.74, 6) is 0.772. The van der Waals surface area contributed by atoms with Gasteiger partial charge in [-0.25, -0.2) is 9.97 Å². The number of hydrogen-bond acceptors (Lipinski definition) is 4. The third-order valence-electron chi connectivity index (χ3n) is 3.83. The molecule has 6 heteroatoms. The van der Waals surface area contributed by atoms with Crippen molar-refractivity contribution in [2.45, 2.75) is 32.2 Å². The van der Waals surface area contributed by atoms with E-state index in [1.54, 1.807) is 6.20 Å². The van der Waals surface area contributed by atoms with Crippen LogP contribution in [-0.4, -0.2) is 28.5 Å². The zero-order valence-electron chi connectivity index (χ0n) is 13.1. The molecule has 23 heavy (non-hydrogen) atoms. The number of carbonyl (C=O) groups is 1. The Morgan fingerprint density at radius 3 is 2.91 bits per heavy atom. The molecule has 5 nitrogen and oxygen atoms in total. The van der Waals surface area contributed by atoms with E-state index < -0.39 is 0 Å². The first-order valence-electron chi connectivity index (χ1n) is 7.67. The lowest BCUT2D eigenvalue weighted by Crippen LogP contribution is -2.43. The number of amides is 1. The van der Waals surface area contributed by atoms with Crippen LogP contribution in [0.1, 0.15) is 25.1 Å². The zero-order valence-corrected chi connectivity index (χ0v) is 13.9. The van der Waals surface area contributed by atoms with Gasteiger partial charge in [-0.15, -0.1) is 12.4 Å². The number of rotatable bonds is 3. The van der Waals surface area contributed by atoms with Gasteiger partial charge in [-0.1, -0.05) is 18.6 Å². The molecule has 2 N–H and O–H groups in total. The van der Waals surface area contributed by atoms with Gasteiger partial charge in [-0.3, -0.25) is 4.79 Å². The lowest BCUT2D eigenvalue weighted by molar-refractivity contribution is -0.118. The van der Waals surface area contributed by atoms with Gasteiger partial charge in [-0.2, -0.15) is 0 Å². The van der Waals surface area contributed by atoms with Crippen LogP contribution in [0.4, 0.5) is 5.69 Å². The van der Waals surface area contributed by atoms with Crippen LogP contribution in [0.2, 0.25) is 0 Å². The molecule has 1 saturated heterocycles. The zero-order chi connectivity index (χ0) is 15.4. The van der Waals surface area contributed by atoms with Gasteiger partial charge in [-0.05, 0) is 44.5 Å². The first kappa shape index (κ1) is 17.4. The molecule has 1 aliphatic heterocycles. The molecular weight excluding hydrogens is 312 g/mol. The predicted molar refractivity (Wildman–Crippen MR) is 93.7 cm³/mol. The molecule has 0 bridgehead atoms. The minimum Gasteiger partial charge on any atom is -0.325 e. The van der Waals surface area contributed by atoms with Gasteiger partial charge in [0.25, 0.3) is 0 Å². The summed E-state index contributed by atoms with van der Waals surface area (Å²) in [4.78, 5) is 20.8. The number of aromatic nitrogens is 2. The quantitative estimate of drug-likeness (QED) is 0.906. The Kier molecular flexibility index (Phi) is 6.07. The molecule has 1 aliphatic rings. The molecule has 3 rings (SSSR count). The van der Waals surface area contributed by atoms with E-state index in [9.17, 15) is 4.79 Å². The van der Waals surface area contributed by atoms with E-state index in [1.807, 2.05) is 37.3 Å². The molecule has 0 saturated carbocycles. The van der Waals surface area contributed by atoms with Crippen molar-refractivity contribution in [3.05, 3.63) is 42.4 Å². The Bertz CT molecular complexity index is 671. The Labute approximate surface area is 142 Å². The SMILES string of the molecule is Cc1nccc(-c2cccc(NC(=O)C3CCCCN3)c2)n1.Cl. The second kappa shape index (κ2) is 8.04. The second-order valence-corrected chi connectivity index (χ2v) is 5.56. The normalized spacial score (nSPS) is 17.2. The van der Waals surface area contributed by atoms with Gasteiger partial charge in [0.15, 0.2) is 0 Å². The Morgan fingerprint density at radius 1 is 1.30 bits per heavy atom. The smallest absolute Gasteiger partial charge is 0.241 e. The number of piperidine rings is 1. The van der Waals surface area contributed by atoms with Crippen molar-refractivity contribution >= 4 is 24.0 Å². The largest absolute Gasteiger partial charge is 0.325 e. The van der Waals surface area contributed by atoms with Crippen LogP contribution in [-0.2, 0) is 4.79 Å². The summed E-state index contributed by atoms with van der Waals surface area (Å²) in [7, 11) is 0. The van der Waals surface area contributed by atoms with Crippen molar-refractivity contribution in [1.82, 2.24) is 15.3 Å². The maximum Gasteiger partial charge on any atom is 0.241 e. The van der Waals surface area contributed by atoms with Gasteiger partial charge in [0, 0.05) is 17.4 Å². The molecule has 122 valence electrons. The van der Waals surface area contributed by atoms with Crippen LogP contribution in [0.5, 0.6) is 0 Å². The van der Waals surface area contributed by atoms with Crippen LogP contribution < -0.4 is 10.6 Å². The number of hydrogen-bond donors (Lipinski definition) is 2. The minimum atomic E-state index is -0.0845. The molecule has 0 radical (unpaired) electrons. The number of nitrogens with one attached hydrogen (secondary N) is 2. The molecule has 1 atom stereocenters. The first-order valence-corrected chi connectivity index (χ1v) is 7.67. The summed E-state index contributed by atoms with van der Waals surface area (Å²) in [6, 6.07) is 9.54. The number of carbonyl (C=O) groups excluding carboxylic acids is 1. The molecule has 1 fully saturated rings. The predicted octanol–water partition coefficient (Wildman–Crippen LogP) is 2.95. The second-order valence-electron chi connectivity index (χ2n) is 5.56. The first-order chi connectivity index (χ1) is 10.7. The standard InChI is InChI=1S/C17H20N4O.ClH/c1-12-18-10-8-15(20-12)13-5-4-6-14(11-13)21-17(22)16-7-2-3-9-19-16;/h4-6,8,10-11,16,19H,2-3,7,9H2,1H3,(H,21,22);1H. The maximum absolute atomic E-state index is 12.3. The number of anilines is 1. The van der Waals surface area contributed by atoms with Crippen molar-refractivity contribution in [3.63, 3.8) is 0 Å². The van der Waals surface area contributed by atoms with Gasteiger partial charge >= 0.3 is 0 Å². The van der Waals surface area contributed by atoms with Crippen LogP contribution in [0.25, 0.3) is 11.3 Å². The molecular formula is C17H21ClN4O. The van der Waals surface area contributed by atoms with Gasteiger partial charge in [0.2, 0.25) is 5.91 Å². The van der Waals surface area contributed by atoms with Crippen LogP contribution in [0.3, 0.4) is 0 Å². The molecule has 1 amide bonds. The highest BCUT2D eigenvalue weighted by molar-refractivity contribution is 5.95. The molecule has 1 aromatic carbocycles. The molecule has 2 heterocycles. The van der Waals surface area contributed by atoms with Gasteiger partial charge < -0.3 is 10.6 Å². The van der Waals surface area contributed by atoms with Gasteiger partial charge in [0.1, 0.15) is 5.82 Å². The Hall–Kier alpha value is -1.98. The summed E-state index contributed by atoms with van der Waals surface area (Å²) in [5.41, 5.74) is 2.63. The monoisotopic (exact) mass is 332 g/mol.